The lowest BCUT2D eigenvalue weighted by Crippen LogP contribution is -2.05. The summed E-state index contributed by atoms with van der Waals surface area (Å²) in [6, 6.07) is 23.0. The highest BCUT2D eigenvalue weighted by Gasteiger charge is 2.12. The van der Waals surface area contributed by atoms with Crippen LogP contribution in [0.25, 0.3) is 0 Å². The first-order chi connectivity index (χ1) is 11.6. The molecule has 0 bridgehead atoms. The Kier molecular flexibility index (Phi) is 5.42. The molecular formula is C20H12Cl2S2. The first kappa shape index (κ1) is 17.2. The van der Waals surface area contributed by atoms with Gasteiger partial charge in [0.2, 0.25) is 0 Å². The average molecular weight is 387 g/mol. The minimum atomic E-state index is 0.640. The SMILES string of the molecule is S=C(c1cccc(C(=S)c2ccccc2Cl)c1)c1ccccc1Cl. The van der Waals surface area contributed by atoms with Crippen molar-refractivity contribution in [3.63, 3.8) is 0 Å². The van der Waals surface area contributed by atoms with Crippen molar-refractivity contribution >= 4 is 57.4 Å². The number of rotatable bonds is 4. The molecule has 0 N–H and O–H groups in total. The molecule has 0 aromatic heterocycles. The number of hydrogen-bond acceptors (Lipinski definition) is 2. The minimum Gasteiger partial charge on any atom is -0.0836 e. The van der Waals surface area contributed by atoms with E-state index in [1.54, 1.807) is 0 Å². The van der Waals surface area contributed by atoms with Crippen LogP contribution in [-0.4, -0.2) is 9.73 Å². The summed E-state index contributed by atoms with van der Waals surface area (Å²) in [6.07, 6.45) is 0. The first-order valence-corrected chi connectivity index (χ1v) is 8.83. The van der Waals surface area contributed by atoms with Gasteiger partial charge in [0, 0.05) is 21.2 Å². The summed E-state index contributed by atoms with van der Waals surface area (Å²) in [4.78, 5) is 1.40. The van der Waals surface area contributed by atoms with Crippen LogP contribution < -0.4 is 0 Å². The van der Waals surface area contributed by atoms with E-state index >= 15 is 0 Å². The highest BCUT2D eigenvalue weighted by atomic mass is 35.5. The fourth-order valence-corrected chi connectivity index (χ4v) is 3.59. The van der Waals surface area contributed by atoms with Crippen molar-refractivity contribution in [1.29, 1.82) is 0 Å². The molecule has 0 aliphatic carbocycles. The van der Waals surface area contributed by atoms with E-state index in [1.165, 1.54) is 0 Å². The van der Waals surface area contributed by atoms with Crippen LogP contribution in [0, 0.1) is 0 Å². The molecule has 0 heterocycles. The van der Waals surface area contributed by atoms with Gasteiger partial charge in [0.1, 0.15) is 0 Å². The van der Waals surface area contributed by atoms with Gasteiger partial charge in [-0.3, -0.25) is 0 Å². The summed E-state index contributed by atoms with van der Waals surface area (Å²) in [5, 5.41) is 1.28. The van der Waals surface area contributed by atoms with Crippen LogP contribution in [0.15, 0.2) is 72.8 Å². The predicted octanol–water partition coefficient (Wildman–Crippen LogP) is 6.53. The fourth-order valence-electron chi connectivity index (χ4n) is 2.40. The molecule has 3 aromatic carbocycles. The van der Waals surface area contributed by atoms with Crippen LogP contribution in [0.2, 0.25) is 10.0 Å². The summed E-state index contributed by atoms with van der Waals surface area (Å²) >= 11 is 23.7. The molecule has 0 spiro atoms. The van der Waals surface area contributed by atoms with Gasteiger partial charge in [-0.1, -0.05) is 102 Å². The molecule has 4 heteroatoms. The second kappa shape index (κ2) is 7.54. The zero-order chi connectivity index (χ0) is 17.1. The zero-order valence-electron chi connectivity index (χ0n) is 12.5. The van der Waals surface area contributed by atoms with Gasteiger partial charge in [-0.2, -0.15) is 0 Å². The second-order valence-electron chi connectivity index (χ2n) is 5.20. The first-order valence-electron chi connectivity index (χ1n) is 7.26. The molecule has 0 aliphatic rings. The van der Waals surface area contributed by atoms with Gasteiger partial charge in [-0.05, 0) is 29.3 Å². The maximum atomic E-state index is 6.26. The molecule has 0 saturated heterocycles. The number of halogens is 2. The summed E-state index contributed by atoms with van der Waals surface area (Å²) < 4.78 is 0. The van der Waals surface area contributed by atoms with Crippen LogP contribution in [0.5, 0.6) is 0 Å². The van der Waals surface area contributed by atoms with E-state index in [-0.39, 0.29) is 0 Å². The highest BCUT2D eigenvalue weighted by Crippen LogP contribution is 2.23. The number of benzene rings is 3. The van der Waals surface area contributed by atoms with Crippen LogP contribution in [-0.2, 0) is 0 Å². The van der Waals surface area contributed by atoms with E-state index in [9.17, 15) is 0 Å². The van der Waals surface area contributed by atoms with Crippen molar-refractivity contribution in [2.24, 2.45) is 0 Å². The molecule has 0 aliphatic heterocycles. The molecule has 0 atom stereocenters. The fraction of sp³-hybridized carbons (Fsp3) is 0. The largest absolute Gasteiger partial charge is 0.0836 e. The molecule has 0 fully saturated rings. The van der Waals surface area contributed by atoms with E-state index in [0.717, 1.165) is 22.3 Å². The lowest BCUT2D eigenvalue weighted by molar-refractivity contribution is 1.58. The lowest BCUT2D eigenvalue weighted by Gasteiger charge is -2.10. The quantitative estimate of drug-likeness (QED) is 0.369. The third kappa shape index (κ3) is 3.57. The Balaban J connectivity index is 1.98. The Morgan fingerprint density at radius 2 is 1.00 bits per heavy atom. The van der Waals surface area contributed by atoms with Crippen molar-refractivity contribution in [2.45, 2.75) is 0 Å². The van der Waals surface area contributed by atoms with Gasteiger partial charge in [0.05, 0.1) is 9.73 Å². The summed E-state index contributed by atoms with van der Waals surface area (Å²) in [5.74, 6) is 0. The van der Waals surface area contributed by atoms with Gasteiger partial charge in [0.15, 0.2) is 0 Å². The minimum absolute atomic E-state index is 0.640. The Hall–Kier alpha value is -1.58. The van der Waals surface area contributed by atoms with E-state index in [2.05, 4.69) is 0 Å². The molecule has 0 amide bonds. The topological polar surface area (TPSA) is 0 Å². The van der Waals surface area contributed by atoms with Crippen molar-refractivity contribution in [2.75, 3.05) is 0 Å². The smallest absolute Gasteiger partial charge is 0.0537 e. The van der Waals surface area contributed by atoms with Crippen molar-refractivity contribution < 1.29 is 0 Å². The number of hydrogen-bond donors (Lipinski definition) is 0. The highest BCUT2D eigenvalue weighted by molar-refractivity contribution is 7.81. The molecule has 3 aromatic rings. The molecule has 0 saturated carbocycles. The van der Waals surface area contributed by atoms with Crippen LogP contribution in [0.3, 0.4) is 0 Å². The van der Waals surface area contributed by atoms with Crippen molar-refractivity contribution in [3.8, 4) is 0 Å². The average Bonchev–Trinajstić information content (AvgIpc) is 2.61. The maximum absolute atomic E-state index is 6.26. The molecule has 3 rings (SSSR count). The van der Waals surface area contributed by atoms with E-state index in [1.807, 2.05) is 72.8 Å². The van der Waals surface area contributed by atoms with Gasteiger partial charge in [0.25, 0.3) is 0 Å². The molecule has 0 unspecified atom stereocenters. The van der Waals surface area contributed by atoms with E-state index in [4.69, 9.17) is 47.6 Å². The Bertz CT molecular complexity index is 859. The Labute approximate surface area is 162 Å². The van der Waals surface area contributed by atoms with Crippen LogP contribution >= 0.6 is 47.6 Å². The van der Waals surface area contributed by atoms with Crippen LogP contribution in [0.4, 0.5) is 0 Å². The predicted molar refractivity (Wildman–Crippen MR) is 111 cm³/mol. The van der Waals surface area contributed by atoms with Gasteiger partial charge < -0.3 is 0 Å². The monoisotopic (exact) mass is 386 g/mol. The maximum Gasteiger partial charge on any atom is 0.0537 e. The third-order valence-electron chi connectivity index (χ3n) is 3.62. The summed E-state index contributed by atoms with van der Waals surface area (Å²) in [5.41, 5.74) is 3.50. The van der Waals surface area contributed by atoms with E-state index in [0.29, 0.717) is 19.8 Å². The Morgan fingerprint density at radius 3 is 1.42 bits per heavy atom. The summed E-state index contributed by atoms with van der Waals surface area (Å²) in [6.45, 7) is 0. The molecular weight excluding hydrogens is 375 g/mol. The number of thiocarbonyl (C=S) groups is 2. The van der Waals surface area contributed by atoms with Crippen molar-refractivity contribution in [1.82, 2.24) is 0 Å². The Morgan fingerprint density at radius 1 is 0.583 bits per heavy atom. The second-order valence-corrected chi connectivity index (χ2v) is 6.83. The molecule has 0 nitrogen and oxygen atoms in total. The standard InChI is InChI=1S/C20H12Cl2S2/c21-17-10-3-1-8-15(17)19(23)13-6-5-7-14(12-13)20(24)16-9-2-4-11-18(16)22/h1-12H. The molecule has 118 valence electrons. The molecule has 24 heavy (non-hydrogen) atoms. The lowest BCUT2D eigenvalue weighted by atomic mass is 9.99. The zero-order valence-corrected chi connectivity index (χ0v) is 15.6. The van der Waals surface area contributed by atoms with Crippen LogP contribution in [0.1, 0.15) is 22.3 Å². The van der Waals surface area contributed by atoms with Gasteiger partial charge >= 0.3 is 0 Å². The van der Waals surface area contributed by atoms with Gasteiger partial charge in [-0.15, -0.1) is 0 Å². The third-order valence-corrected chi connectivity index (χ3v) is 5.19. The summed E-state index contributed by atoms with van der Waals surface area (Å²) in [7, 11) is 0. The van der Waals surface area contributed by atoms with Crippen molar-refractivity contribution in [3.05, 3.63) is 105 Å². The normalized spacial score (nSPS) is 10.4. The van der Waals surface area contributed by atoms with E-state index < -0.39 is 0 Å². The van der Waals surface area contributed by atoms with Gasteiger partial charge in [-0.25, -0.2) is 0 Å². The molecule has 0 radical (unpaired) electrons.